The maximum atomic E-state index is 12.4. The van der Waals surface area contributed by atoms with Gasteiger partial charge in [-0.05, 0) is 35.9 Å². The number of methoxy groups -OCH3 is 1. The predicted molar refractivity (Wildman–Crippen MR) is 110 cm³/mol. The van der Waals surface area contributed by atoms with Crippen molar-refractivity contribution in [1.29, 1.82) is 0 Å². The number of fused-ring (bicyclic) bond motifs is 1. The summed E-state index contributed by atoms with van der Waals surface area (Å²) in [4.78, 5) is 30.8. The summed E-state index contributed by atoms with van der Waals surface area (Å²) in [6.45, 7) is 0.918. The lowest BCUT2D eigenvalue weighted by molar-refractivity contribution is -0.116. The Bertz CT molecular complexity index is 1060. The average Bonchev–Trinajstić information content (AvgIpc) is 3.26. The van der Waals surface area contributed by atoms with Gasteiger partial charge >= 0.3 is 0 Å². The van der Waals surface area contributed by atoms with Crippen LogP contribution in [0, 0.1) is 0 Å². The van der Waals surface area contributed by atoms with Gasteiger partial charge in [0.2, 0.25) is 11.9 Å². The van der Waals surface area contributed by atoms with E-state index in [1.807, 2.05) is 60.1 Å². The third-order valence-corrected chi connectivity index (χ3v) is 5.13. The normalized spacial score (nSPS) is 12.8. The first-order chi connectivity index (χ1) is 14.1. The van der Waals surface area contributed by atoms with Crippen LogP contribution in [0.5, 0.6) is 5.75 Å². The van der Waals surface area contributed by atoms with E-state index in [1.165, 1.54) is 0 Å². The molecular formula is C22H22N4O3. The second-order valence-electron chi connectivity index (χ2n) is 6.94. The van der Waals surface area contributed by atoms with E-state index in [0.717, 1.165) is 28.1 Å². The molecular weight excluding hydrogens is 368 g/mol. The van der Waals surface area contributed by atoms with E-state index < -0.39 is 0 Å². The fraction of sp³-hybridized carbons (Fsp3) is 0.227. The Morgan fingerprint density at radius 3 is 2.66 bits per heavy atom. The number of rotatable bonds is 6. The molecule has 0 atom stereocenters. The van der Waals surface area contributed by atoms with Crippen LogP contribution in [0.4, 0.5) is 5.95 Å². The smallest absolute Gasteiger partial charge is 0.254 e. The van der Waals surface area contributed by atoms with E-state index in [-0.39, 0.29) is 18.2 Å². The zero-order chi connectivity index (χ0) is 20.4. The number of anilines is 1. The number of ether oxygens (including phenoxy) is 1. The molecule has 1 N–H and O–H groups in total. The molecule has 29 heavy (non-hydrogen) atoms. The number of benzene rings is 2. The summed E-state index contributed by atoms with van der Waals surface area (Å²) in [6.07, 6.45) is 1.93. The van der Waals surface area contributed by atoms with Crippen molar-refractivity contribution < 1.29 is 14.3 Å². The van der Waals surface area contributed by atoms with E-state index in [1.54, 1.807) is 18.2 Å². The monoisotopic (exact) mass is 390 g/mol. The van der Waals surface area contributed by atoms with Crippen LogP contribution in [0.3, 0.4) is 0 Å². The topological polar surface area (TPSA) is 76.5 Å². The van der Waals surface area contributed by atoms with Gasteiger partial charge < -0.3 is 14.2 Å². The highest BCUT2D eigenvalue weighted by molar-refractivity contribution is 5.98. The number of hydrogen-bond donors (Lipinski definition) is 1. The highest BCUT2D eigenvalue weighted by Crippen LogP contribution is 2.25. The number of nitrogens with zero attached hydrogens (tertiary/aromatic N) is 3. The van der Waals surface area contributed by atoms with Gasteiger partial charge in [-0.25, -0.2) is 4.98 Å². The highest BCUT2D eigenvalue weighted by Gasteiger charge is 2.26. The van der Waals surface area contributed by atoms with Gasteiger partial charge in [-0.2, -0.15) is 0 Å². The number of aromatic nitrogens is 2. The van der Waals surface area contributed by atoms with Crippen LogP contribution in [0.25, 0.3) is 11.3 Å². The number of hydrogen-bond acceptors (Lipinski definition) is 4. The highest BCUT2D eigenvalue weighted by atomic mass is 16.5. The van der Waals surface area contributed by atoms with Crippen molar-refractivity contribution in [2.75, 3.05) is 19.0 Å². The summed E-state index contributed by atoms with van der Waals surface area (Å²) >= 11 is 0. The van der Waals surface area contributed by atoms with Crippen LogP contribution < -0.4 is 10.1 Å². The maximum absolute atomic E-state index is 12.4. The fourth-order valence-electron chi connectivity index (χ4n) is 3.47. The van der Waals surface area contributed by atoms with Crippen molar-refractivity contribution in [3.8, 4) is 17.0 Å². The Balaban J connectivity index is 1.37. The molecule has 4 rings (SSSR count). The van der Waals surface area contributed by atoms with Crippen LogP contribution in [0.2, 0.25) is 0 Å². The van der Waals surface area contributed by atoms with Crippen LogP contribution in [0.1, 0.15) is 22.3 Å². The lowest BCUT2D eigenvalue weighted by Gasteiger charge is -2.15. The average molecular weight is 390 g/mol. The van der Waals surface area contributed by atoms with Gasteiger partial charge in [0.15, 0.2) is 0 Å². The first kappa shape index (κ1) is 18.7. The first-order valence-electron chi connectivity index (χ1n) is 9.40. The van der Waals surface area contributed by atoms with Gasteiger partial charge in [-0.15, -0.1) is 0 Å². The molecule has 148 valence electrons. The van der Waals surface area contributed by atoms with Crippen molar-refractivity contribution >= 4 is 17.8 Å². The van der Waals surface area contributed by atoms with E-state index >= 15 is 0 Å². The zero-order valence-corrected chi connectivity index (χ0v) is 16.4. The van der Waals surface area contributed by atoms with E-state index in [2.05, 4.69) is 10.3 Å². The van der Waals surface area contributed by atoms with E-state index in [9.17, 15) is 9.59 Å². The molecule has 0 aliphatic carbocycles. The molecule has 2 heterocycles. The van der Waals surface area contributed by atoms with Gasteiger partial charge in [0, 0.05) is 37.7 Å². The van der Waals surface area contributed by atoms with Crippen molar-refractivity contribution in [3.05, 3.63) is 65.9 Å². The van der Waals surface area contributed by atoms with Crippen molar-refractivity contribution in [3.63, 3.8) is 0 Å². The van der Waals surface area contributed by atoms with Crippen molar-refractivity contribution in [2.24, 2.45) is 7.05 Å². The van der Waals surface area contributed by atoms with Gasteiger partial charge in [0.05, 0.1) is 19.0 Å². The summed E-state index contributed by atoms with van der Waals surface area (Å²) in [5, 5.41) is 2.83. The third kappa shape index (κ3) is 3.71. The minimum absolute atomic E-state index is 0.0211. The lowest BCUT2D eigenvalue weighted by atomic mass is 10.1. The van der Waals surface area contributed by atoms with E-state index in [4.69, 9.17) is 4.74 Å². The van der Waals surface area contributed by atoms with Crippen molar-refractivity contribution in [1.82, 2.24) is 14.5 Å². The van der Waals surface area contributed by atoms with Gasteiger partial charge in [-0.3, -0.25) is 14.9 Å². The second-order valence-corrected chi connectivity index (χ2v) is 6.94. The third-order valence-electron chi connectivity index (χ3n) is 5.13. The van der Waals surface area contributed by atoms with Crippen LogP contribution >= 0.6 is 0 Å². The standard InChI is InChI=1S/C22H22N4O3/c1-25-19(15-7-9-17(29-2)10-8-15)13-23-22(25)24-20(27)11-12-26-14-16-5-3-4-6-18(16)21(26)28/h3-10,13H,11-12,14H2,1-2H3,(H,23,24,27). The number of carbonyl (C=O) groups excluding carboxylic acids is 2. The largest absolute Gasteiger partial charge is 0.497 e. The summed E-state index contributed by atoms with van der Waals surface area (Å²) in [5.41, 5.74) is 3.59. The van der Waals surface area contributed by atoms with Crippen LogP contribution in [0.15, 0.2) is 54.7 Å². The summed E-state index contributed by atoms with van der Waals surface area (Å²) < 4.78 is 7.01. The molecule has 0 radical (unpaired) electrons. The Kier molecular flexibility index (Phi) is 5.03. The Morgan fingerprint density at radius 2 is 1.93 bits per heavy atom. The number of imidazole rings is 1. The molecule has 2 amide bonds. The molecule has 7 nitrogen and oxygen atoms in total. The fourth-order valence-corrected chi connectivity index (χ4v) is 3.47. The molecule has 0 saturated heterocycles. The molecule has 1 aliphatic rings. The molecule has 3 aromatic rings. The summed E-state index contributed by atoms with van der Waals surface area (Å²) in [5.74, 6) is 1.05. The summed E-state index contributed by atoms with van der Waals surface area (Å²) in [7, 11) is 3.48. The molecule has 0 fully saturated rings. The van der Waals surface area contributed by atoms with E-state index in [0.29, 0.717) is 19.0 Å². The Hall–Kier alpha value is -3.61. The Labute approximate surface area is 168 Å². The SMILES string of the molecule is COc1ccc(-c2cnc(NC(=O)CCN3Cc4ccccc4C3=O)n2C)cc1. The maximum Gasteiger partial charge on any atom is 0.254 e. The number of carbonyl (C=O) groups is 2. The molecule has 0 spiro atoms. The molecule has 2 aromatic carbocycles. The Morgan fingerprint density at radius 1 is 1.17 bits per heavy atom. The molecule has 1 aromatic heterocycles. The van der Waals surface area contributed by atoms with Crippen molar-refractivity contribution in [2.45, 2.75) is 13.0 Å². The summed E-state index contributed by atoms with van der Waals surface area (Å²) in [6, 6.07) is 15.2. The minimum atomic E-state index is -0.177. The molecule has 1 aliphatic heterocycles. The quantitative estimate of drug-likeness (QED) is 0.702. The van der Waals surface area contributed by atoms with Gasteiger partial charge in [0.1, 0.15) is 5.75 Å². The molecule has 7 heteroatoms. The number of amides is 2. The van der Waals surface area contributed by atoms with Crippen LogP contribution in [-0.2, 0) is 18.4 Å². The van der Waals surface area contributed by atoms with Gasteiger partial charge in [-0.1, -0.05) is 18.2 Å². The molecule has 0 saturated carbocycles. The first-order valence-corrected chi connectivity index (χ1v) is 9.40. The van der Waals surface area contributed by atoms with Gasteiger partial charge in [0.25, 0.3) is 5.91 Å². The molecule has 0 unspecified atom stereocenters. The minimum Gasteiger partial charge on any atom is -0.497 e. The lowest BCUT2D eigenvalue weighted by Crippen LogP contribution is -2.28. The number of nitrogens with one attached hydrogen (secondary N) is 1. The van der Waals surface area contributed by atoms with Crippen LogP contribution in [-0.4, -0.2) is 39.9 Å². The predicted octanol–water partition coefficient (Wildman–Crippen LogP) is 3.08. The second kappa shape index (κ2) is 7.79. The zero-order valence-electron chi connectivity index (χ0n) is 16.4. The molecule has 0 bridgehead atoms.